The molecule has 0 saturated carbocycles. The van der Waals surface area contributed by atoms with Gasteiger partial charge in [0.15, 0.2) is 11.5 Å². The molecule has 1 amide bonds. The first-order chi connectivity index (χ1) is 13.0. The van der Waals surface area contributed by atoms with Gasteiger partial charge in [-0.15, -0.1) is 11.8 Å². The van der Waals surface area contributed by atoms with Crippen LogP contribution in [0.5, 0.6) is 11.5 Å². The van der Waals surface area contributed by atoms with Crippen molar-refractivity contribution < 1.29 is 14.3 Å². The van der Waals surface area contributed by atoms with Crippen molar-refractivity contribution in [2.24, 2.45) is 5.92 Å². The van der Waals surface area contributed by atoms with Gasteiger partial charge in [0, 0.05) is 17.0 Å². The summed E-state index contributed by atoms with van der Waals surface area (Å²) >= 11 is 8.22. The molecule has 0 atom stereocenters. The van der Waals surface area contributed by atoms with E-state index in [0.29, 0.717) is 41.2 Å². The summed E-state index contributed by atoms with van der Waals surface area (Å²) in [5.74, 6) is 2.23. The Bertz CT molecular complexity index is 825. The molecule has 1 heterocycles. The van der Waals surface area contributed by atoms with Gasteiger partial charge in [0.05, 0.1) is 24.4 Å². The quantitative estimate of drug-likeness (QED) is 0.655. The zero-order valence-corrected chi connectivity index (χ0v) is 17.4. The maximum atomic E-state index is 13.3. The number of hydrogen-bond acceptors (Lipinski definition) is 4. The van der Waals surface area contributed by atoms with Crippen molar-refractivity contribution in [3.8, 4) is 11.5 Å². The third kappa shape index (κ3) is 4.53. The minimum Gasteiger partial charge on any atom is -0.493 e. The van der Waals surface area contributed by atoms with Crippen LogP contribution in [-0.4, -0.2) is 31.9 Å². The third-order valence-corrected chi connectivity index (χ3v) is 5.65. The number of anilines is 1. The number of nitrogens with zero attached hydrogens (tertiary/aromatic N) is 1. The second-order valence-electron chi connectivity index (χ2n) is 6.82. The highest BCUT2D eigenvalue weighted by atomic mass is 35.5. The van der Waals surface area contributed by atoms with Gasteiger partial charge in [0.25, 0.3) is 5.91 Å². The summed E-state index contributed by atoms with van der Waals surface area (Å²) < 4.78 is 11.2. The van der Waals surface area contributed by atoms with Gasteiger partial charge in [0.2, 0.25) is 0 Å². The fraction of sp³-hybridized carbons (Fsp3) is 0.381. The predicted molar refractivity (Wildman–Crippen MR) is 112 cm³/mol. The Labute approximate surface area is 169 Å². The van der Waals surface area contributed by atoms with Gasteiger partial charge < -0.3 is 14.4 Å². The van der Waals surface area contributed by atoms with Crippen LogP contribution in [0.1, 0.15) is 30.6 Å². The molecule has 0 saturated heterocycles. The number of hydrogen-bond donors (Lipinski definition) is 0. The molecule has 0 unspecified atom stereocenters. The van der Waals surface area contributed by atoms with Crippen LogP contribution in [0.2, 0.25) is 5.02 Å². The molecule has 0 fully saturated rings. The zero-order chi connectivity index (χ0) is 19.4. The number of carbonyl (C=O) groups excluding carboxylic acids is 1. The summed E-state index contributed by atoms with van der Waals surface area (Å²) in [6, 6.07) is 11.4. The Balaban J connectivity index is 1.94. The molecule has 6 heteroatoms. The highest BCUT2D eigenvalue weighted by Gasteiger charge is 2.24. The SMILES string of the molecule is COc1cc(C(=O)N2CCCSc3ccccc32)cc(Cl)c1OCC(C)C. The highest BCUT2D eigenvalue weighted by Crippen LogP contribution is 2.39. The van der Waals surface area contributed by atoms with Gasteiger partial charge in [-0.05, 0) is 42.4 Å². The lowest BCUT2D eigenvalue weighted by molar-refractivity contribution is 0.0986. The number of methoxy groups -OCH3 is 1. The van der Waals surface area contributed by atoms with E-state index in [1.54, 1.807) is 31.0 Å². The van der Waals surface area contributed by atoms with Gasteiger partial charge >= 0.3 is 0 Å². The van der Waals surface area contributed by atoms with Crippen molar-refractivity contribution in [3.05, 3.63) is 47.0 Å². The minimum absolute atomic E-state index is 0.0828. The van der Waals surface area contributed by atoms with E-state index < -0.39 is 0 Å². The zero-order valence-electron chi connectivity index (χ0n) is 15.8. The van der Waals surface area contributed by atoms with E-state index in [1.165, 1.54) is 0 Å². The molecule has 1 aliphatic rings. The molecule has 0 radical (unpaired) electrons. The molecule has 0 aromatic heterocycles. The fourth-order valence-corrected chi connectivity index (χ4v) is 4.19. The lowest BCUT2D eigenvalue weighted by atomic mass is 10.1. The van der Waals surface area contributed by atoms with Gasteiger partial charge in [-0.2, -0.15) is 0 Å². The summed E-state index contributed by atoms with van der Waals surface area (Å²) in [5.41, 5.74) is 1.44. The highest BCUT2D eigenvalue weighted by molar-refractivity contribution is 7.99. The van der Waals surface area contributed by atoms with Crippen LogP contribution in [0.15, 0.2) is 41.3 Å². The molecule has 1 aliphatic heterocycles. The van der Waals surface area contributed by atoms with Crippen LogP contribution < -0.4 is 14.4 Å². The minimum atomic E-state index is -0.0828. The summed E-state index contributed by atoms with van der Waals surface area (Å²) in [7, 11) is 1.56. The molecule has 4 nitrogen and oxygen atoms in total. The Morgan fingerprint density at radius 2 is 2.07 bits per heavy atom. The van der Waals surface area contributed by atoms with E-state index in [1.807, 2.05) is 23.1 Å². The maximum Gasteiger partial charge on any atom is 0.258 e. The number of fused-ring (bicyclic) bond motifs is 1. The predicted octanol–water partition coefficient (Wildman–Crippen LogP) is 5.53. The normalized spacial score (nSPS) is 13.9. The summed E-state index contributed by atoms with van der Waals surface area (Å²) in [4.78, 5) is 16.2. The molecule has 0 spiro atoms. The number of carbonyl (C=O) groups is 1. The molecule has 2 aromatic rings. The van der Waals surface area contributed by atoms with Gasteiger partial charge in [-0.3, -0.25) is 4.79 Å². The third-order valence-electron chi connectivity index (χ3n) is 4.22. The second-order valence-corrected chi connectivity index (χ2v) is 8.36. The average molecular weight is 406 g/mol. The Hall–Kier alpha value is -1.85. The van der Waals surface area contributed by atoms with Crippen LogP contribution in [-0.2, 0) is 0 Å². The smallest absolute Gasteiger partial charge is 0.258 e. The number of halogens is 1. The van der Waals surface area contributed by atoms with Gasteiger partial charge in [0.1, 0.15) is 0 Å². The lowest BCUT2D eigenvalue weighted by Crippen LogP contribution is -2.31. The maximum absolute atomic E-state index is 13.3. The van der Waals surface area contributed by atoms with Crippen LogP contribution in [0.25, 0.3) is 0 Å². The van der Waals surface area contributed by atoms with E-state index in [9.17, 15) is 4.79 Å². The first-order valence-corrected chi connectivity index (χ1v) is 10.4. The Kier molecular flexibility index (Phi) is 6.55. The van der Waals surface area contributed by atoms with Crippen LogP contribution in [0.3, 0.4) is 0 Å². The monoisotopic (exact) mass is 405 g/mol. The van der Waals surface area contributed by atoms with Crippen molar-refractivity contribution in [2.45, 2.75) is 25.2 Å². The molecule has 144 valence electrons. The first-order valence-electron chi connectivity index (χ1n) is 9.05. The topological polar surface area (TPSA) is 38.8 Å². The molecular formula is C21H24ClNO3S. The van der Waals surface area contributed by atoms with E-state index in [4.69, 9.17) is 21.1 Å². The van der Waals surface area contributed by atoms with E-state index in [-0.39, 0.29) is 5.91 Å². The second kappa shape index (κ2) is 8.89. The van der Waals surface area contributed by atoms with E-state index in [0.717, 1.165) is 22.8 Å². The first kappa shape index (κ1) is 19.9. The van der Waals surface area contributed by atoms with Crippen molar-refractivity contribution >= 4 is 35.0 Å². The van der Waals surface area contributed by atoms with Crippen LogP contribution in [0, 0.1) is 5.92 Å². The van der Waals surface area contributed by atoms with Gasteiger partial charge in [-0.25, -0.2) is 0 Å². The molecular weight excluding hydrogens is 382 g/mol. The lowest BCUT2D eigenvalue weighted by Gasteiger charge is -2.23. The summed E-state index contributed by atoms with van der Waals surface area (Å²) in [6.07, 6.45) is 0.936. The van der Waals surface area contributed by atoms with E-state index >= 15 is 0 Å². The Morgan fingerprint density at radius 3 is 2.81 bits per heavy atom. The van der Waals surface area contributed by atoms with Gasteiger partial charge in [-0.1, -0.05) is 37.6 Å². The van der Waals surface area contributed by atoms with Crippen LogP contribution in [0.4, 0.5) is 5.69 Å². The average Bonchev–Trinajstić information content (AvgIpc) is 2.88. The number of rotatable bonds is 5. The van der Waals surface area contributed by atoms with E-state index in [2.05, 4.69) is 19.9 Å². The summed E-state index contributed by atoms with van der Waals surface area (Å²) in [6.45, 7) is 5.33. The van der Waals surface area contributed by atoms with Crippen molar-refractivity contribution in [2.75, 3.05) is 30.9 Å². The molecule has 0 N–H and O–H groups in total. The number of amides is 1. The molecule has 0 aliphatic carbocycles. The fourth-order valence-electron chi connectivity index (χ4n) is 2.93. The van der Waals surface area contributed by atoms with Crippen molar-refractivity contribution in [1.82, 2.24) is 0 Å². The largest absolute Gasteiger partial charge is 0.493 e. The summed E-state index contributed by atoms with van der Waals surface area (Å²) in [5, 5.41) is 0.385. The Morgan fingerprint density at radius 1 is 1.30 bits per heavy atom. The van der Waals surface area contributed by atoms with Crippen LogP contribution >= 0.6 is 23.4 Å². The van der Waals surface area contributed by atoms with Crippen molar-refractivity contribution in [3.63, 3.8) is 0 Å². The molecule has 3 rings (SSSR count). The van der Waals surface area contributed by atoms with Crippen molar-refractivity contribution in [1.29, 1.82) is 0 Å². The standard InChI is InChI=1S/C21H24ClNO3S/c1-14(2)13-26-20-16(22)11-15(12-18(20)25-3)21(24)23-9-6-10-27-19-8-5-4-7-17(19)23/h4-5,7-8,11-12,14H,6,9-10,13H2,1-3H3. The molecule has 2 aromatic carbocycles. The number of benzene rings is 2. The molecule has 0 bridgehead atoms. The molecule has 27 heavy (non-hydrogen) atoms. The number of thioether (sulfide) groups is 1. The number of ether oxygens (including phenoxy) is 2. The number of para-hydroxylation sites is 1.